The molecule has 0 fully saturated rings. The summed E-state index contributed by atoms with van der Waals surface area (Å²) < 4.78 is 6.96. The number of hydrogen-bond acceptors (Lipinski definition) is 4. The highest BCUT2D eigenvalue weighted by molar-refractivity contribution is 5.80. The summed E-state index contributed by atoms with van der Waals surface area (Å²) in [6.45, 7) is 6.59. The Balaban J connectivity index is 1.97. The second-order valence-corrected chi connectivity index (χ2v) is 6.14. The molecule has 0 spiro atoms. The lowest BCUT2D eigenvalue weighted by molar-refractivity contribution is 0.358. The molecule has 3 aromatic rings. The largest absolute Gasteiger partial charge is 0.359 e. The zero-order chi connectivity index (χ0) is 15.0. The number of fused-ring (bicyclic) bond motifs is 1. The smallest absolute Gasteiger partial charge is 0.258 e. The molecule has 0 aliphatic heterocycles. The van der Waals surface area contributed by atoms with Crippen molar-refractivity contribution >= 4 is 10.8 Å². The Bertz CT molecular complexity index is 840. The van der Waals surface area contributed by atoms with E-state index < -0.39 is 0 Å². The van der Waals surface area contributed by atoms with Gasteiger partial charge in [-0.15, -0.1) is 0 Å². The van der Waals surface area contributed by atoms with Gasteiger partial charge in [-0.2, -0.15) is 0 Å². The number of nitrogens with zero attached hydrogens (tertiary/aromatic N) is 3. The predicted molar refractivity (Wildman–Crippen MR) is 80.3 cm³/mol. The molecule has 5 nitrogen and oxygen atoms in total. The molecule has 3 heterocycles. The Morgan fingerprint density at radius 2 is 2.10 bits per heavy atom. The normalized spacial score (nSPS) is 12.0. The summed E-state index contributed by atoms with van der Waals surface area (Å²) in [4.78, 5) is 16.4. The molecule has 0 aromatic carbocycles. The molecule has 3 rings (SSSR count). The SMILES string of the molecule is CC(C)(C)c1cc(Cn2ccc3cnccc3c2=O)on1. The summed E-state index contributed by atoms with van der Waals surface area (Å²) in [5, 5.41) is 5.57. The van der Waals surface area contributed by atoms with Crippen molar-refractivity contribution in [1.29, 1.82) is 0 Å². The van der Waals surface area contributed by atoms with Crippen LogP contribution in [-0.4, -0.2) is 14.7 Å². The van der Waals surface area contributed by atoms with Gasteiger partial charge in [0, 0.05) is 35.5 Å². The van der Waals surface area contributed by atoms with Crippen LogP contribution in [0.1, 0.15) is 32.2 Å². The van der Waals surface area contributed by atoms with Crippen LogP contribution < -0.4 is 5.56 Å². The number of hydrogen-bond donors (Lipinski definition) is 0. The first kappa shape index (κ1) is 13.5. The zero-order valence-corrected chi connectivity index (χ0v) is 12.3. The average molecular weight is 283 g/mol. The molecule has 5 heteroatoms. The van der Waals surface area contributed by atoms with E-state index in [1.807, 2.05) is 12.1 Å². The van der Waals surface area contributed by atoms with Gasteiger partial charge in [0.25, 0.3) is 5.56 Å². The van der Waals surface area contributed by atoms with Crippen LogP contribution in [0, 0.1) is 0 Å². The van der Waals surface area contributed by atoms with Crippen LogP contribution in [0.25, 0.3) is 10.8 Å². The molecular weight excluding hydrogens is 266 g/mol. The van der Waals surface area contributed by atoms with E-state index in [-0.39, 0.29) is 11.0 Å². The maximum Gasteiger partial charge on any atom is 0.258 e. The fourth-order valence-corrected chi connectivity index (χ4v) is 2.16. The van der Waals surface area contributed by atoms with Gasteiger partial charge in [0.1, 0.15) is 0 Å². The van der Waals surface area contributed by atoms with Gasteiger partial charge >= 0.3 is 0 Å². The molecule has 108 valence electrons. The van der Waals surface area contributed by atoms with E-state index in [1.165, 1.54) is 0 Å². The molecule has 0 unspecified atom stereocenters. The molecule has 0 bridgehead atoms. The zero-order valence-electron chi connectivity index (χ0n) is 12.3. The van der Waals surface area contributed by atoms with Crippen molar-refractivity contribution in [3.05, 3.63) is 58.6 Å². The summed E-state index contributed by atoms with van der Waals surface area (Å²) >= 11 is 0. The van der Waals surface area contributed by atoms with E-state index in [1.54, 1.807) is 29.2 Å². The first-order valence-electron chi connectivity index (χ1n) is 6.84. The third-order valence-corrected chi connectivity index (χ3v) is 3.43. The van der Waals surface area contributed by atoms with Gasteiger partial charge in [-0.05, 0) is 12.1 Å². The lowest BCUT2D eigenvalue weighted by Gasteiger charge is -2.12. The molecule has 0 amide bonds. The van der Waals surface area contributed by atoms with Crippen molar-refractivity contribution in [2.24, 2.45) is 0 Å². The van der Waals surface area contributed by atoms with Crippen molar-refractivity contribution < 1.29 is 4.52 Å². The molecule has 0 atom stereocenters. The average Bonchev–Trinajstić information content (AvgIpc) is 2.91. The van der Waals surface area contributed by atoms with Crippen molar-refractivity contribution in [1.82, 2.24) is 14.7 Å². The summed E-state index contributed by atoms with van der Waals surface area (Å²) in [6, 6.07) is 5.52. The van der Waals surface area contributed by atoms with Gasteiger partial charge in [-0.25, -0.2) is 0 Å². The lowest BCUT2D eigenvalue weighted by Crippen LogP contribution is -2.19. The van der Waals surface area contributed by atoms with Crippen LogP contribution in [0.5, 0.6) is 0 Å². The Labute approximate surface area is 122 Å². The maximum absolute atomic E-state index is 12.4. The topological polar surface area (TPSA) is 60.9 Å². The van der Waals surface area contributed by atoms with E-state index in [0.29, 0.717) is 17.7 Å². The van der Waals surface area contributed by atoms with E-state index >= 15 is 0 Å². The molecule has 0 saturated heterocycles. The Morgan fingerprint density at radius 3 is 2.81 bits per heavy atom. The van der Waals surface area contributed by atoms with Crippen LogP contribution in [0.3, 0.4) is 0 Å². The predicted octanol–water partition coefficient (Wildman–Crippen LogP) is 2.73. The second kappa shape index (κ2) is 4.84. The fourth-order valence-electron chi connectivity index (χ4n) is 2.16. The van der Waals surface area contributed by atoms with Gasteiger partial charge in [0.15, 0.2) is 5.76 Å². The van der Waals surface area contributed by atoms with Crippen LogP contribution in [0.15, 0.2) is 46.1 Å². The first-order valence-corrected chi connectivity index (χ1v) is 6.84. The Hall–Kier alpha value is -2.43. The van der Waals surface area contributed by atoms with E-state index in [9.17, 15) is 4.79 Å². The molecule has 0 aliphatic carbocycles. The van der Waals surface area contributed by atoms with Crippen LogP contribution in [0.2, 0.25) is 0 Å². The van der Waals surface area contributed by atoms with Crippen molar-refractivity contribution in [3.63, 3.8) is 0 Å². The summed E-state index contributed by atoms with van der Waals surface area (Å²) in [5.41, 5.74) is 0.765. The van der Waals surface area contributed by atoms with Crippen molar-refractivity contribution in [2.75, 3.05) is 0 Å². The molecule has 21 heavy (non-hydrogen) atoms. The molecule has 3 aromatic heterocycles. The maximum atomic E-state index is 12.4. The van der Waals surface area contributed by atoms with E-state index in [4.69, 9.17) is 4.52 Å². The lowest BCUT2D eigenvalue weighted by atomic mass is 9.92. The Kier molecular flexibility index (Phi) is 3.12. The quantitative estimate of drug-likeness (QED) is 0.725. The van der Waals surface area contributed by atoms with Gasteiger partial charge in [-0.3, -0.25) is 9.78 Å². The molecule has 0 saturated carbocycles. The second-order valence-electron chi connectivity index (χ2n) is 6.14. The molecule has 0 radical (unpaired) electrons. The van der Waals surface area contributed by atoms with Crippen molar-refractivity contribution in [3.8, 4) is 0 Å². The van der Waals surface area contributed by atoms with Crippen LogP contribution in [-0.2, 0) is 12.0 Å². The minimum absolute atomic E-state index is 0.0522. The minimum atomic E-state index is -0.0677. The monoisotopic (exact) mass is 283 g/mol. The number of aromatic nitrogens is 3. The van der Waals surface area contributed by atoms with Gasteiger partial charge < -0.3 is 9.09 Å². The molecule has 0 aliphatic rings. The van der Waals surface area contributed by atoms with Crippen LogP contribution >= 0.6 is 0 Å². The standard InChI is InChI=1S/C16H17N3O2/c1-16(2,3)14-8-12(21-18-14)10-19-7-5-11-9-17-6-4-13(11)15(19)20/h4-9H,10H2,1-3H3. The highest BCUT2D eigenvalue weighted by Gasteiger charge is 2.19. The molecule has 0 N–H and O–H groups in total. The first-order chi connectivity index (χ1) is 9.95. The van der Waals surface area contributed by atoms with Crippen LogP contribution in [0.4, 0.5) is 0 Å². The number of pyridine rings is 2. The highest BCUT2D eigenvalue weighted by Crippen LogP contribution is 2.21. The fraction of sp³-hybridized carbons (Fsp3) is 0.312. The van der Waals surface area contributed by atoms with Gasteiger partial charge in [0.05, 0.1) is 17.6 Å². The number of rotatable bonds is 2. The van der Waals surface area contributed by atoms with E-state index in [2.05, 4.69) is 30.9 Å². The Morgan fingerprint density at radius 1 is 1.29 bits per heavy atom. The van der Waals surface area contributed by atoms with Gasteiger partial charge in [-0.1, -0.05) is 25.9 Å². The summed E-state index contributed by atoms with van der Waals surface area (Å²) in [5.74, 6) is 0.676. The van der Waals surface area contributed by atoms with E-state index in [0.717, 1.165) is 11.1 Å². The van der Waals surface area contributed by atoms with Crippen molar-refractivity contribution in [2.45, 2.75) is 32.7 Å². The third kappa shape index (κ3) is 2.59. The molecular formula is C16H17N3O2. The highest BCUT2D eigenvalue weighted by atomic mass is 16.5. The minimum Gasteiger partial charge on any atom is -0.359 e. The summed E-state index contributed by atoms with van der Waals surface area (Å²) in [6.07, 6.45) is 5.07. The summed E-state index contributed by atoms with van der Waals surface area (Å²) in [7, 11) is 0. The third-order valence-electron chi connectivity index (χ3n) is 3.43. The van der Waals surface area contributed by atoms with Gasteiger partial charge in [0.2, 0.25) is 0 Å².